The lowest BCUT2D eigenvalue weighted by Gasteiger charge is -2.54. The number of benzene rings is 4. The molecule has 1 aliphatic heterocycles. The highest BCUT2D eigenvalue weighted by molar-refractivity contribution is 6.31. The van der Waals surface area contributed by atoms with E-state index < -0.39 is 34.7 Å². The van der Waals surface area contributed by atoms with Crippen LogP contribution in [0.3, 0.4) is 0 Å². The van der Waals surface area contributed by atoms with Crippen molar-refractivity contribution in [3.05, 3.63) is 183 Å². The molecule has 2 aliphatic carbocycles. The van der Waals surface area contributed by atoms with E-state index in [1.54, 1.807) is 36.4 Å². The van der Waals surface area contributed by atoms with Crippen LogP contribution in [0, 0.1) is 5.92 Å². The first-order chi connectivity index (χ1) is 23.9. The molecule has 242 valence electrons. The van der Waals surface area contributed by atoms with E-state index in [0.717, 1.165) is 4.57 Å². The van der Waals surface area contributed by atoms with Crippen LogP contribution >= 0.6 is 0 Å². The highest BCUT2D eigenvalue weighted by Crippen LogP contribution is 2.62. The Morgan fingerprint density at radius 1 is 0.816 bits per heavy atom. The number of hydrogen-bond donors (Lipinski definition) is 1. The van der Waals surface area contributed by atoms with E-state index in [2.05, 4.69) is 6.58 Å². The maximum Gasteiger partial charge on any atom is 0.352 e. The van der Waals surface area contributed by atoms with Gasteiger partial charge in [0.1, 0.15) is 5.75 Å². The number of aromatic hydroxyl groups is 1. The molecule has 4 unspecified atom stereocenters. The lowest BCUT2D eigenvalue weighted by Crippen LogP contribution is -2.58. The number of phenols is 1. The molecule has 49 heavy (non-hydrogen) atoms. The summed E-state index contributed by atoms with van der Waals surface area (Å²) in [6, 6.07) is 31.9. The van der Waals surface area contributed by atoms with Crippen molar-refractivity contribution in [1.82, 2.24) is 13.9 Å². The van der Waals surface area contributed by atoms with Crippen molar-refractivity contribution in [2.24, 2.45) is 5.92 Å². The molecule has 0 saturated heterocycles. The number of para-hydroxylation sites is 2. The standard InChI is InChI=1S/C41H33N3O5/c1-2-13-27-16-12-21-31(37(27)46)36-30-22-23-42-39(48)43(29-19-10-5-11-20-29)40(49)44(42)34(30)25-33-38(47)32(26-14-6-3-7-15-26)24-35(45)41(33,36)28-17-8-4-9-18-28/h2-12,14-22,24,33-34,36,46H,1,13,23,25H2. The van der Waals surface area contributed by atoms with Gasteiger partial charge in [-0.15, -0.1) is 6.58 Å². The van der Waals surface area contributed by atoms with E-state index in [-0.39, 0.29) is 30.3 Å². The fourth-order valence-electron chi connectivity index (χ4n) is 8.44. The molecule has 0 spiro atoms. The molecule has 1 saturated carbocycles. The van der Waals surface area contributed by atoms with Crippen molar-refractivity contribution in [3.63, 3.8) is 0 Å². The van der Waals surface area contributed by atoms with E-state index in [1.165, 1.54) is 15.4 Å². The molecular formula is C41H33N3O5. The monoisotopic (exact) mass is 647 g/mol. The molecule has 5 aromatic rings. The first-order valence-corrected chi connectivity index (χ1v) is 16.4. The van der Waals surface area contributed by atoms with E-state index in [9.17, 15) is 14.7 Å². The number of nitrogens with zero attached hydrogens (tertiary/aromatic N) is 3. The molecule has 8 heteroatoms. The lowest BCUT2D eigenvalue weighted by molar-refractivity contribution is -0.133. The fraction of sp³-hybridized carbons (Fsp3) is 0.171. The number of ketones is 2. The Balaban J connectivity index is 1.44. The zero-order valence-electron chi connectivity index (χ0n) is 26.6. The van der Waals surface area contributed by atoms with Crippen LogP contribution in [0.5, 0.6) is 5.75 Å². The van der Waals surface area contributed by atoms with Gasteiger partial charge in [-0.3, -0.25) is 9.59 Å². The molecule has 1 N–H and O–H groups in total. The Labute approximate surface area is 282 Å². The Hall–Kier alpha value is -6.02. The second-order valence-corrected chi connectivity index (χ2v) is 12.8. The summed E-state index contributed by atoms with van der Waals surface area (Å²) in [7, 11) is 0. The van der Waals surface area contributed by atoms with Gasteiger partial charge in [0.25, 0.3) is 0 Å². The number of aromatic nitrogens is 3. The quantitative estimate of drug-likeness (QED) is 0.239. The van der Waals surface area contributed by atoms with Gasteiger partial charge >= 0.3 is 11.4 Å². The molecule has 0 amide bonds. The first kappa shape index (κ1) is 30.3. The number of fused-ring (bicyclic) bond motifs is 4. The second kappa shape index (κ2) is 11.6. The van der Waals surface area contributed by atoms with Gasteiger partial charge in [-0.05, 0) is 53.3 Å². The Morgan fingerprint density at radius 2 is 1.49 bits per heavy atom. The van der Waals surface area contributed by atoms with E-state index in [4.69, 9.17) is 0 Å². The Kier molecular flexibility index (Phi) is 7.17. The summed E-state index contributed by atoms with van der Waals surface area (Å²) in [5.41, 5.74) is 1.37. The summed E-state index contributed by atoms with van der Waals surface area (Å²) in [5.74, 6) is -2.25. The molecule has 1 aromatic heterocycles. The molecule has 2 heterocycles. The molecule has 8 nitrogen and oxygen atoms in total. The third kappa shape index (κ3) is 4.37. The van der Waals surface area contributed by atoms with Crippen molar-refractivity contribution in [3.8, 4) is 11.4 Å². The zero-order chi connectivity index (χ0) is 33.9. The SMILES string of the molecule is C=CCc1cccc(C2C3=CCn4c(=O)n(-c5ccccc5)c(=O)n4C3CC3C(=O)C(c4ccccc4)=CC(=O)C32c2ccccc2)c1O. The van der Waals surface area contributed by atoms with Crippen LogP contribution in [0.4, 0.5) is 0 Å². The van der Waals surface area contributed by atoms with Gasteiger partial charge in [0.15, 0.2) is 11.6 Å². The Bertz CT molecular complexity index is 2330. The number of hydrogen-bond acceptors (Lipinski definition) is 5. The van der Waals surface area contributed by atoms with Crippen molar-refractivity contribution in [2.45, 2.75) is 36.8 Å². The first-order valence-electron chi connectivity index (χ1n) is 16.4. The van der Waals surface area contributed by atoms with Gasteiger partial charge in [0.05, 0.1) is 23.7 Å². The average Bonchev–Trinajstić information content (AvgIpc) is 3.40. The molecule has 4 aromatic carbocycles. The van der Waals surface area contributed by atoms with Crippen molar-refractivity contribution in [2.75, 3.05) is 0 Å². The zero-order valence-corrected chi connectivity index (χ0v) is 26.6. The summed E-state index contributed by atoms with van der Waals surface area (Å²) in [6.07, 6.45) is 5.56. The molecule has 4 atom stereocenters. The number of carbonyl (C=O) groups excluding carboxylic acids is 2. The van der Waals surface area contributed by atoms with Gasteiger partial charge in [0, 0.05) is 23.0 Å². The summed E-state index contributed by atoms with van der Waals surface area (Å²) < 4.78 is 4.01. The molecular weight excluding hydrogens is 614 g/mol. The van der Waals surface area contributed by atoms with Crippen molar-refractivity contribution < 1.29 is 14.7 Å². The normalized spacial score (nSPS) is 22.7. The molecule has 3 aliphatic rings. The van der Waals surface area contributed by atoms with Gasteiger partial charge < -0.3 is 5.11 Å². The summed E-state index contributed by atoms with van der Waals surface area (Å²) >= 11 is 0. The summed E-state index contributed by atoms with van der Waals surface area (Å²) in [5, 5.41) is 11.9. The van der Waals surface area contributed by atoms with Crippen molar-refractivity contribution >= 4 is 17.1 Å². The van der Waals surface area contributed by atoms with Gasteiger partial charge in [0.2, 0.25) is 0 Å². The number of phenolic OH excluding ortho intramolecular Hbond substituents is 1. The predicted octanol–water partition coefficient (Wildman–Crippen LogP) is 5.69. The maximum atomic E-state index is 15.1. The third-order valence-electron chi connectivity index (χ3n) is 10.5. The second-order valence-electron chi connectivity index (χ2n) is 12.8. The third-order valence-corrected chi connectivity index (χ3v) is 10.5. The van der Waals surface area contributed by atoms with Gasteiger partial charge in [-0.1, -0.05) is 109 Å². The molecule has 8 rings (SSSR count). The maximum absolute atomic E-state index is 15.1. The average molecular weight is 648 g/mol. The van der Waals surface area contributed by atoms with Gasteiger partial charge in [-0.2, -0.15) is 0 Å². The minimum absolute atomic E-state index is 0.0123. The fourth-order valence-corrected chi connectivity index (χ4v) is 8.44. The van der Waals surface area contributed by atoms with Crippen LogP contribution < -0.4 is 11.4 Å². The lowest BCUT2D eigenvalue weighted by atomic mass is 9.47. The number of allylic oxidation sites excluding steroid dienone is 5. The highest BCUT2D eigenvalue weighted by Gasteiger charge is 2.63. The summed E-state index contributed by atoms with van der Waals surface area (Å²) in [4.78, 5) is 58.3. The van der Waals surface area contributed by atoms with Gasteiger partial charge in [-0.25, -0.2) is 23.5 Å². The summed E-state index contributed by atoms with van der Waals surface area (Å²) in [6.45, 7) is 3.93. The minimum atomic E-state index is -1.45. The number of Topliss-reactive ketones (excluding diaryl/α,β-unsaturated/α-hetero) is 1. The molecule has 1 fully saturated rings. The van der Waals surface area contributed by atoms with Crippen LogP contribution in [0.1, 0.15) is 40.6 Å². The van der Waals surface area contributed by atoms with Crippen LogP contribution in [0.25, 0.3) is 11.3 Å². The Morgan fingerprint density at radius 3 is 2.18 bits per heavy atom. The van der Waals surface area contributed by atoms with Crippen LogP contribution in [0.2, 0.25) is 0 Å². The van der Waals surface area contributed by atoms with Crippen molar-refractivity contribution in [1.29, 1.82) is 0 Å². The largest absolute Gasteiger partial charge is 0.507 e. The highest BCUT2D eigenvalue weighted by atomic mass is 16.3. The number of rotatable bonds is 6. The van der Waals surface area contributed by atoms with E-state index >= 15 is 9.59 Å². The predicted molar refractivity (Wildman–Crippen MR) is 187 cm³/mol. The minimum Gasteiger partial charge on any atom is -0.507 e. The van der Waals surface area contributed by atoms with E-state index in [0.29, 0.717) is 45.5 Å². The molecule has 0 radical (unpaired) electrons. The van der Waals surface area contributed by atoms with Crippen LogP contribution in [0.15, 0.2) is 149 Å². The topological polar surface area (TPSA) is 103 Å². The number of carbonyl (C=O) groups is 2. The smallest absolute Gasteiger partial charge is 0.352 e. The van der Waals surface area contributed by atoms with Crippen LogP contribution in [-0.4, -0.2) is 30.6 Å². The van der Waals surface area contributed by atoms with Crippen LogP contribution in [-0.2, 0) is 28.0 Å². The van der Waals surface area contributed by atoms with E-state index in [1.807, 2.05) is 84.9 Å². The molecule has 0 bridgehead atoms.